The molecule has 31 heavy (non-hydrogen) atoms. The number of ether oxygens (including phenoxy) is 3. The molecule has 0 saturated heterocycles. The van der Waals surface area contributed by atoms with E-state index in [1.165, 1.54) is 20.0 Å². The lowest BCUT2D eigenvalue weighted by atomic mass is 10.1. The van der Waals surface area contributed by atoms with Crippen molar-refractivity contribution in [2.24, 2.45) is 5.92 Å². The molecule has 5 nitrogen and oxygen atoms in total. The molecule has 0 atom stereocenters. The fraction of sp³-hybridized carbons (Fsp3) is 0.280. The van der Waals surface area contributed by atoms with Crippen LogP contribution in [0.15, 0.2) is 54.7 Å². The zero-order valence-corrected chi connectivity index (χ0v) is 18.3. The van der Waals surface area contributed by atoms with Crippen LogP contribution in [-0.4, -0.2) is 24.7 Å². The van der Waals surface area contributed by atoms with E-state index in [2.05, 4.69) is 4.98 Å². The zero-order valence-electron chi connectivity index (χ0n) is 17.6. The molecule has 1 aliphatic rings. The van der Waals surface area contributed by atoms with Gasteiger partial charge in [0.25, 0.3) is 0 Å². The monoisotopic (exact) mass is 437 g/mol. The molecule has 0 N–H and O–H groups in total. The molecular formula is C25H24ClNO4. The molecule has 6 heteroatoms. The largest absolute Gasteiger partial charge is 0.489 e. The van der Waals surface area contributed by atoms with E-state index in [1.54, 1.807) is 12.3 Å². The molecule has 1 aliphatic carbocycles. The SMILES string of the molecule is COC(=O)c1ccc(COc2ccc(Cl)c(-c3ccc(OCC4CC4)nc3)c2)cc1C. The molecule has 0 spiro atoms. The van der Waals surface area contributed by atoms with E-state index in [9.17, 15) is 4.79 Å². The van der Waals surface area contributed by atoms with Crippen LogP contribution >= 0.6 is 11.6 Å². The topological polar surface area (TPSA) is 57.7 Å². The normalized spacial score (nSPS) is 13.0. The predicted octanol–water partition coefficient (Wildman–Crippen LogP) is 5.86. The van der Waals surface area contributed by atoms with Crippen molar-refractivity contribution in [1.29, 1.82) is 0 Å². The van der Waals surface area contributed by atoms with Crippen LogP contribution < -0.4 is 9.47 Å². The number of esters is 1. The van der Waals surface area contributed by atoms with E-state index in [1.807, 2.05) is 49.4 Å². The summed E-state index contributed by atoms with van der Waals surface area (Å²) in [7, 11) is 1.38. The number of aryl methyl sites for hydroxylation is 1. The highest BCUT2D eigenvalue weighted by molar-refractivity contribution is 6.33. The summed E-state index contributed by atoms with van der Waals surface area (Å²) in [6.45, 7) is 2.98. The molecule has 4 rings (SSSR count). The summed E-state index contributed by atoms with van der Waals surface area (Å²) in [4.78, 5) is 16.1. The number of hydrogen-bond acceptors (Lipinski definition) is 5. The van der Waals surface area contributed by atoms with Gasteiger partial charge in [-0.3, -0.25) is 0 Å². The first-order valence-electron chi connectivity index (χ1n) is 10.2. The highest BCUT2D eigenvalue weighted by Crippen LogP contribution is 2.33. The molecule has 0 radical (unpaired) electrons. The van der Waals surface area contributed by atoms with Gasteiger partial charge in [-0.1, -0.05) is 23.7 Å². The summed E-state index contributed by atoms with van der Waals surface area (Å²) < 4.78 is 16.5. The minimum Gasteiger partial charge on any atom is -0.489 e. The summed E-state index contributed by atoms with van der Waals surface area (Å²) in [5, 5.41) is 0.624. The van der Waals surface area contributed by atoms with Gasteiger partial charge in [0.15, 0.2) is 0 Å². The standard InChI is InChI=1S/C25H24ClNO4/c1-16-11-18(5-8-21(16)25(28)29-2)15-30-20-7-9-23(26)22(12-20)19-6-10-24(27-13-19)31-14-17-3-4-17/h5-13,17H,3-4,14-15H2,1-2H3. The lowest BCUT2D eigenvalue weighted by molar-refractivity contribution is 0.0600. The number of nitrogens with zero attached hydrogens (tertiary/aromatic N) is 1. The molecule has 1 heterocycles. The average Bonchev–Trinajstić information content (AvgIpc) is 3.62. The maximum Gasteiger partial charge on any atom is 0.338 e. The first-order chi connectivity index (χ1) is 15.0. The van der Waals surface area contributed by atoms with E-state index >= 15 is 0 Å². The Morgan fingerprint density at radius 1 is 1.10 bits per heavy atom. The number of halogens is 1. The summed E-state index contributed by atoms with van der Waals surface area (Å²) in [5.74, 6) is 1.67. The molecule has 0 amide bonds. The number of methoxy groups -OCH3 is 1. The van der Waals surface area contributed by atoms with Gasteiger partial charge in [0.05, 0.1) is 19.3 Å². The van der Waals surface area contributed by atoms with Crippen molar-refractivity contribution in [3.8, 4) is 22.8 Å². The first-order valence-corrected chi connectivity index (χ1v) is 10.6. The van der Waals surface area contributed by atoms with E-state index < -0.39 is 0 Å². The van der Waals surface area contributed by atoms with Crippen molar-refractivity contribution >= 4 is 17.6 Å². The Kier molecular flexibility index (Phi) is 6.42. The first kappa shape index (κ1) is 21.2. The van der Waals surface area contributed by atoms with E-state index in [0.717, 1.165) is 28.9 Å². The minimum absolute atomic E-state index is 0.343. The van der Waals surface area contributed by atoms with Gasteiger partial charge in [-0.05, 0) is 67.1 Å². The Hall–Kier alpha value is -3.05. The second-order valence-electron chi connectivity index (χ2n) is 7.71. The molecule has 1 fully saturated rings. The quantitative estimate of drug-likeness (QED) is 0.413. The summed E-state index contributed by atoms with van der Waals surface area (Å²) >= 11 is 6.42. The van der Waals surface area contributed by atoms with Gasteiger partial charge in [0.2, 0.25) is 5.88 Å². The van der Waals surface area contributed by atoms with E-state index in [-0.39, 0.29) is 5.97 Å². The molecule has 1 aromatic heterocycles. The number of aromatic nitrogens is 1. The van der Waals surface area contributed by atoms with Crippen LogP contribution in [0.1, 0.15) is 34.3 Å². The minimum atomic E-state index is -0.343. The molecule has 3 aromatic rings. The average molecular weight is 438 g/mol. The summed E-state index contributed by atoms with van der Waals surface area (Å²) in [6.07, 6.45) is 4.26. The zero-order chi connectivity index (χ0) is 21.8. The lowest BCUT2D eigenvalue weighted by Gasteiger charge is -2.12. The van der Waals surface area contributed by atoms with Crippen LogP contribution in [0.2, 0.25) is 5.02 Å². The third-order valence-corrected chi connectivity index (χ3v) is 5.58. The van der Waals surface area contributed by atoms with Crippen LogP contribution in [0, 0.1) is 12.8 Å². The number of carbonyl (C=O) groups is 1. The highest BCUT2D eigenvalue weighted by atomic mass is 35.5. The van der Waals surface area contributed by atoms with Gasteiger partial charge in [-0.25, -0.2) is 9.78 Å². The number of benzene rings is 2. The summed E-state index contributed by atoms with van der Waals surface area (Å²) in [6, 6.07) is 14.9. The fourth-order valence-corrected chi connectivity index (χ4v) is 3.48. The van der Waals surface area contributed by atoms with Gasteiger partial charge in [0, 0.05) is 28.4 Å². The Morgan fingerprint density at radius 2 is 1.94 bits per heavy atom. The number of pyridine rings is 1. The molecule has 2 aromatic carbocycles. The van der Waals surface area contributed by atoms with Gasteiger partial charge >= 0.3 is 5.97 Å². The maximum absolute atomic E-state index is 11.7. The molecule has 0 bridgehead atoms. The lowest BCUT2D eigenvalue weighted by Crippen LogP contribution is -2.05. The second-order valence-corrected chi connectivity index (χ2v) is 8.12. The Morgan fingerprint density at radius 3 is 2.61 bits per heavy atom. The van der Waals surface area contributed by atoms with Crippen molar-refractivity contribution in [3.63, 3.8) is 0 Å². The van der Waals surface area contributed by atoms with Gasteiger partial charge in [-0.2, -0.15) is 0 Å². The third-order valence-electron chi connectivity index (χ3n) is 5.25. The van der Waals surface area contributed by atoms with E-state index in [0.29, 0.717) is 34.7 Å². The van der Waals surface area contributed by atoms with Gasteiger partial charge in [0.1, 0.15) is 12.4 Å². The van der Waals surface area contributed by atoms with E-state index in [4.69, 9.17) is 25.8 Å². The molecule has 0 aliphatic heterocycles. The molecule has 160 valence electrons. The predicted molar refractivity (Wildman–Crippen MR) is 120 cm³/mol. The van der Waals surface area contributed by atoms with Gasteiger partial charge in [-0.15, -0.1) is 0 Å². The Labute approximate surface area is 186 Å². The Bertz CT molecular complexity index is 1080. The van der Waals surface area contributed by atoms with Gasteiger partial charge < -0.3 is 14.2 Å². The maximum atomic E-state index is 11.7. The van der Waals surface area contributed by atoms with Crippen LogP contribution in [-0.2, 0) is 11.3 Å². The number of carbonyl (C=O) groups excluding carboxylic acids is 1. The van der Waals surface area contributed by atoms with Crippen molar-refractivity contribution in [2.45, 2.75) is 26.4 Å². The Balaban J connectivity index is 1.44. The number of rotatable bonds is 8. The molecule has 0 unspecified atom stereocenters. The fourth-order valence-electron chi connectivity index (χ4n) is 3.25. The van der Waals surface area contributed by atoms with Crippen molar-refractivity contribution in [1.82, 2.24) is 4.98 Å². The summed E-state index contributed by atoms with van der Waals surface area (Å²) in [5.41, 5.74) is 4.10. The highest BCUT2D eigenvalue weighted by Gasteiger charge is 2.22. The van der Waals surface area contributed by atoms with Crippen LogP contribution in [0.5, 0.6) is 11.6 Å². The third kappa shape index (κ3) is 5.36. The van der Waals surface area contributed by atoms with Crippen molar-refractivity contribution < 1.29 is 19.0 Å². The van der Waals surface area contributed by atoms with Crippen LogP contribution in [0.3, 0.4) is 0 Å². The van der Waals surface area contributed by atoms with Crippen molar-refractivity contribution in [3.05, 3.63) is 76.4 Å². The molecule has 1 saturated carbocycles. The molecular weight excluding hydrogens is 414 g/mol. The number of hydrogen-bond donors (Lipinski definition) is 0. The van der Waals surface area contributed by atoms with Crippen LogP contribution in [0.4, 0.5) is 0 Å². The van der Waals surface area contributed by atoms with Crippen molar-refractivity contribution in [2.75, 3.05) is 13.7 Å². The van der Waals surface area contributed by atoms with Crippen LogP contribution in [0.25, 0.3) is 11.1 Å². The second kappa shape index (κ2) is 9.40. The smallest absolute Gasteiger partial charge is 0.338 e.